The largest absolute Gasteiger partial charge is 0.382 e. The Morgan fingerprint density at radius 3 is 2.78 bits per heavy atom. The Hall–Kier alpha value is -1.63. The highest BCUT2D eigenvalue weighted by atomic mass is 32.2. The Bertz CT molecular complexity index is 610. The number of benzene rings is 1. The fraction of sp³-hybridized carbons (Fsp3) is 0.455. The first-order valence-electron chi connectivity index (χ1n) is 5.55. The zero-order valence-electron chi connectivity index (χ0n) is 10.1. The highest BCUT2D eigenvalue weighted by Gasteiger charge is 2.27. The molecule has 1 unspecified atom stereocenters. The molecule has 6 nitrogen and oxygen atoms in total. The van der Waals surface area contributed by atoms with Crippen LogP contribution in [-0.4, -0.2) is 25.3 Å². The van der Waals surface area contributed by atoms with Crippen molar-refractivity contribution < 1.29 is 13.3 Å². The number of sulfone groups is 1. The van der Waals surface area contributed by atoms with Crippen LogP contribution in [0.1, 0.15) is 18.1 Å². The minimum absolute atomic E-state index is 0.0638. The molecule has 1 atom stereocenters. The molecular weight excluding hydrogens is 256 g/mol. The highest BCUT2D eigenvalue weighted by molar-refractivity contribution is 7.91. The molecule has 0 aliphatic carbocycles. The summed E-state index contributed by atoms with van der Waals surface area (Å²) in [6.07, 6.45) is 0.739. The molecule has 1 aromatic carbocycles. The molecule has 1 N–H and O–H groups in total. The molecule has 0 saturated carbocycles. The number of hydrogen-bond acceptors (Lipinski definition) is 5. The van der Waals surface area contributed by atoms with E-state index in [0.29, 0.717) is 5.56 Å². The van der Waals surface area contributed by atoms with Crippen molar-refractivity contribution in [2.45, 2.75) is 31.2 Å². The summed E-state index contributed by atoms with van der Waals surface area (Å²) in [5.41, 5.74) is 2.47. The van der Waals surface area contributed by atoms with Gasteiger partial charge < -0.3 is 5.32 Å². The van der Waals surface area contributed by atoms with Crippen molar-refractivity contribution in [3.8, 4) is 0 Å². The van der Waals surface area contributed by atoms with Gasteiger partial charge in [-0.15, -0.1) is 0 Å². The van der Waals surface area contributed by atoms with Gasteiger partial charge in [0, 0.05) is 16.7 Å². The van der Waals surface area contributed by atoms with E-state index in [-0.39, 0.29) is 10.9 Å². The van der Waals surface area contributed by atoms with Crippen LogP contribution in [0.3, 0.4) is 0 Å². The van der Waals surface area contributed by atoms with E-state index in [1.54, 1.807) is 13.0 Å². The fourth-order valence-electron chi connectivity index (χ4n) is 2.30. The minimum atomic E-state index is -3.86. The summed E-state index contributed by atoms with van der Waals surface area (Å²) in [4.78, 5) is 9.65. The Kier molecular flexibility index (Phi) is 3.02. The summed E-state index contributed by atoms with van der Waals surface area (Å²) in [6, 6.07) is 3.38. The highest BCUT2D eigenvalue weighted by Crippen LogP contribution is 2.32. The quantitative estimate of drug-likeness (QED) is 0.661. The first-order chi connectivity index (χ1) is 8.31. The third kappa shape index (κ3) is 2.17. The van der Waals surface area contributed by atoms with Gasteiger partial charge in [-0.25, -0.2) is 8.42 Å². The smallest absolute Gasteiger partial charge is 0.305 e. The number of fused-ring (bicyclic) bond motifs is 1. The van der Waals surface area contributed by atoms with Crippen molar-refractivity contribution >= 4 is 15.5 Å². The van der Waals surface area contributed by atoms with E-state index < -0.39 is 20.6 Å². The second kappa shape index (κ2) is 4.24. The SMILES string of the molecule is Cc1c(S(=O)(=O)C[N+](=O)[O-])ccc2c1CC(C)N2. The van der Waals surface area contributed by atoms with Crippen molar-refractivity contribution in [2.75, 3.05) is 11.2 Å². The van der Waals surface area contributed by atoms with E-state index in [9.17, 15) is 18.5 Å². The fourth-order valence-corrected chi connectivity index (χ4v) is 3.58. The number of nitro groups is 1. The summed E-state index contributed by atoms with van der Waals surface area (Å²) in [6.45, 7) is 3.70. The predicted molar refractivity (Wildman–Crippen MR) is 67.0 cm³/mol. The standard InChI is InChI=1S/C11H14N2O4S/c1-7-5-9-8(2)11(4-3-10(9)12-7)18(16,17)6-13(14)15/h3-4,7,12H,5-6H2,1-2H3. The lowest BCUT2D eigenvalue weighted by atomic mass is 10.0. The molecule has 0 bridgehead atoms. The van der Waals surface area contributed by atoms with E-state index in [1.807, 2.05) is 6.92 Å². The van der Waals surface area contributed by atoms with Crippen LogP contribution >= 0.6 is 0 Å². The summed E-state index contributed by atoms with van der Waals surface area (Å²) < 4.78 is 23.8. The molecule has 0 fully saturated rings. The summed E-state index contributed by atoms with van der Waals surface area (Å²) in [5.74, 6) is -1.06. The van der Waals surface area contributed by atoms with Crippen LogP contribution in [-0.2, 0) is 16.3 Å². The maximum absolute atomic E-state index is 11.9. The van der Waals surface area contributed by atoms with Crippen LogP contribution in [0.2, 0.25) is 0 Å². The van der Waals surface area contributed by atoms with Crippen LogP contribution in [0.25, 0.3) is 0 Å². The first-order valence-corrected chi connectivity index (χ1v) is 7.20. The van der Waals surface area contributed by atoms with Crippen LogP contribution in [0.15, 0.2) is 17.0 Å². The van der Waals surface area contributed by atoms with E-state index >= 15 is 0 Å². The Morgan fingerprint density at radius 1 is 1.50 bits per heavy atom. The van der Waals surface area contributed by atoms with Gasteiger partial charge in [-0.3, -0.25) is 10.1 Å². The first kappa shape index (κ1) is 12.8. The Balaban J connectivity index is 2.49. The van der Waals surface area contributed by atoms with Crippen molar-refractivity contribution in [1.82, 2.24) is 0 Å². The lowest BCUT2D eigenvalue weighted by molar-refractivity contribution is -0.458. The topological polar surface area (TPSA) is 89.3 Å². The van der Waals surface area contributed by atoms with Gasteiger partial charge >= 0.3 is 5.88 Å². The summed E-state index contributed by atoms with van der Waals surface area (Å²) >= 11 is 0. The monoisotopic (exact) mass is 270 g/mol. The molecule has 0 spiro atoms. The second-order valence-electron chi connectivity index (χ2n) is 4.54. The predicted octanol–water partition coefficient (Wildman–Crippen LogP) is 1.36. The van der Waals surface area contributed by atoms with Crippen LogP contribution in [0, 0.1) is 17.0 Å². The lowest BCUT2D eigenvalue weighted by Crippen LogP contribution is -2.16. The number of nitrogens with zero attached hydrogens (tertiary/aromatic N) is 1. The molecule has 1 aromatic rings. The summed E-state index contributed by atoms with van der Waals surface area (Å²) in [5, 5.41) is 13.6. The molecule has 0 saturated heterocycles. The van der Waals surface area contributed by atoms with Crippen molar-refractivity contribution in [3.05, 3.63) is 33.4 Å². The summed E-state index contributed by atoms with van der Waals surface area (Å²) in [7, 11) is -3.86. The molecule has 98 valence electrons. The van der Waals surface area contributed by atoms with Gasteiger partial charge in [-0.05, 0) is 43.5 Å². The number of rotatable bonds is 3. The average Bonchev–Trinajstić information content (AvgIpc) is 2.57. The average molecular weight is 270 g/mol. The zero-order valence-corrected chi connectivity index (χ0v) is 11.0. The number of hydrogen-bond donors (Lipinski definition) is 1. The van der Waals surface area contributed by atoms with Gasteiger partial charge in [0.15, 0.2) is 0 Å². The molecule has 0 aromatic heterocycles. The maximum atomic E-state index is 11.9. The molecule has 0 radical (unpaired) electrons. The molecule has 0 amide bonds. The van der Waals surface area contributed by atoms with Crippen molar-refractivity contribution in [2.24, 2.45) is 0 Å². The van der Waals surface area contributed by atoms with E-state index in [4.69, 9.17) is 0 Å². The molecule has 7 heteroatoms. The molecule has 2 rings (SSSR count). The van der Waals surface area contributed by atoms with Crippen LogP contribution < -0.4 is 5.32 Å². The third-order valence-corrected chi connectivity index (χ3v) is 4.73. The minimum Gasteiger partial charge on any atom is -0.382 e. The zero-order chi connectivity index (χ0) is 13.5. The van der Waals surface area contributed by atoms with E-state index in [2.05, 4.69) is 5.32 Å². The van der Waals surface area contributed by atoms with Crippen molar-refractivity contribution in [1.29, 1.82) is 0 Å². The second-order valence-corrected chi connectivity index (χ2v) is 6.47. The maximum Gasteiger partial charge on any atom is 0.305 e. The molecule has 1 heterocycles. The van der Waals surface area contributed by atoms with Gasteiger partial charge in [0.2, 0.25) is 9.84 Å². The van der Waals surface area contributed by atoms with Crippen LogP contribution in [0.4, 0.5) is 5.69 Å². The Labute approximate surface area is 105 Å². The molecular formula is C11H14N2O4S. The van der Waals surface area contributed by atoms with Gasteiger partial charge in [0.25, 0.3) is 0 Å². The van der Waals surface area contributed by atoms with E-state index in [1.165, 1.54) is 6.07 Å². The van der Waals surface area contributed by atoms with Gasteiger partial charge in [-0.2, -0.15) is 0 Å². The number of anilines is 1. The van der Waals surface area contributed by atoms with E-state index in [0.717, 1.165) is 17.7 Å². The van der Waals surface area contributed by atoms with Gasteiger partial charge in [-0.1, -0.05) is 0 Å². The number of nitrogens with one attached hydrogen (secondary N) is 1. The van der Waals surface area contributed by atoms with Gasteiger partial charge in [0.1, 0.15) is 0 Å². The molecule has 18 heavy (non-hydrogen) atoms. The third-order valence-electron chi connectivity index (χ3n) is 3.07. The normalized spacial score (nSPS) is 18.2. The lowest BCUT2D eigenvalue weighted by Gasteiger charge is -2.09. The Morgan fingerprint density at radius 2 is 2.17 bits per heavy atom. The molecule has 1 aliphatic heterocycles. The molecule has 1 aliphatic rings. The van der Waals surface area contributed by atoms with Crippen LogP contribution in [0.5, 0.6) is 0 Å². The van der Waals surface area contributed by atoms with Gasteiger partial charge in [0.05, 0.1) is 4.90 Å². The van der Waals surface area contributed by atoms with Crippen molar-refractivity contribution in [3.63, 3.8) is 0 Å².